The molecule has 0 bridgehead atoms. The van der Waals surface area contributed by atoms with Gasteiger partial charge >= 0.3 is 0 Å². The second-order valence-corrected chi connectivity index (χ2v) is 5.20. The van der Waals surface area contributed by atoms with Gasteiger partial charge in [0.25, 0.3) is 0 Å². The zero-order valence-corrected chi connectivity index (χ0v) is 11.1. The third-order valence-corrected chi connectivity index (χ3v) is 3.96. The molecule has 1 aliphatic rings. The minimum absolute atomic E-state index is 0.326. The Labute approximate surface area is 112 Å². The Bertz CT molecular complexity index is 563. The van der Waals surface area contributed by atoms with Crippen molar-refractivity contribution >= 4 is 22.4 Å². The average Bonchev–Trinajstić information content (AvgIpc) is 2.36. The lowest BCUT2D eigenvalue weighted by Gasteiger charge is -2.35. The van der Waals surface area contributed by atoms with E-state index in [1.54, 1.807) is 0 Å². The van der Waals surface area contributed by atoms with E-state index in [0.717, 1.165) is 34.4 Å². The van der Waals surface area contributed by atoms with Crippen molar-refractivity contribution in [1.29, 1.82) is 0 Å². The van der Waals surface area contributed by atoms with Crippen molar-refractivity contribution in [2.75, 3.05) is 7.05 Å². The lowest BCUT2D eigenvalue weighted by atomic mass is 9.89. The van der Waals surface area contributed by atoms with Crippen LogP contribution in [0.15, 0.2) is 36.4 Å². The molecule has 0 amide bonds. The molecule has 1 aliphatic carbocycles. The van der Waals surface area contributed by atoms with Crippen LogP contribution in [-0.2, 0) is 0 Å². The Kier molecular flexibility index (Phi) is 3.14. The van der Waals surface area contributed by atoms with E-state index < -0.39 is 0 Å². The number of hydrogen-bond acceptors (Lipinski definition) is 2. The van der Waals surface area contributed by atoms with Gasteiger partial charge in [-0.2, -0.15) is 0 Å². The number of halogens is 1. The quantitative estimate of drug-likeness (QED) is 0.911. The zero-order valence-electron chi connectivity index (χ0n) is 10.3. The van der Waals surface area contributed by atoms with Gasteiger partial charge in [0, 0.05) is 21.8 Å². The molecule has 3 heteroatoms. The fourth-order valence-electron chi connectivity index (χ4n) is 2.41. The van der Waals surface area contributed by atoms with Crippen LogP contribution < -0.4 is 10.1 Å². The Hall–Kier alpha value is -1.25. The van der Waals surface area contributed by atoms with Crippen LogP contribution in [-0.4, -0.2) is 19.2 Å². The smallest absolute Gasteiger partial charge is 0.127 e. The molecule has 0 heterocycles. The second-order valence-electron chi connectivity index (χ2n) is 4.79. The van der Waals surface area contributed by atoms with Crippen LogP contribution in [0.5, 0.6) is 5.75 Å². The van der Waals surface area contributed by atoms with Crippen LogP contribution in [0.25, 0.3) is 10.8 Å². The van der Waals surface area contributed by atoms with E-state index >= 15 is 0 Å². The third kappa shape index (κ3) is 2.06. The molecule has 2 aromatic rings. The number of hydrogen-bond donors (Lipinski definition) is 1. The van der Waals surface area contributed by atoms with Crippen LogP contribution in [0.4, 0.5) is 0 Å². The summed E-state index contributed by atoms with van der Waals surface area (Å²) in [7, 11) is 2.00. The number of fused-ring (bicyclic) bond motifs is 1. The largest absolute Gasteiger partial charge is 0.490 e. The maximum absolute atomic E-state index is 6.19. The van der Waals surface area contributed by atoms with Crippen molar-refractivity contribution in [2.24, 2.45) is 0 Å². The van der Waals surface area contributed by atoms with Gasteiger partial charge in [0.1, 0.15) is 11.9 Å². The molecule has 1 N–H and O–H groups in total. The predicted octanol–water partition coefficient (Wildman–Crippen LogP) is 3.62. The molecule has 3 rings (SSSR count). The Balaban J connectivity index is 1.87. The van der Waals surface area contributed by atoms with Gasteiger partial charge in [0.05, 0.1) is 0 Å². The molecule has 0 aromatic heterocycles. The van der Waals surface area contributed by atoms with Crippen LogP contribution in [0.3, 0.4) is 0 Å². The highest BCUT2D eigenvalue weighted by atomic mass is 35.5. The van der Waals surface area contributed by atoms with E-state index in [1.807, 2.05) is 37.4 Å². The molecule has 0 radical (unpaired) electrons. The van der Waals surface area contributed by atoms with Gasteiger partial charge in [-0.05, 0) is 32.0 Å². The second kappa shape index (κ2) is 4.79. The van der Waals surface area contributed by atoms with E-state index in [0.29, 0.717) is 12.1 Å². The first kappa shape index (κ1) is 11.8. The predicted molar refractivity (Wildman–Crippen MR) is 75.5 cm³/mol. The third-order valence-electron chi connectivity index (χ3n) is 3.63. The first-order valence-corrected chi connectivity index (χ1v) is 6.67. The summed E-state index contributed by atoms with van der Waals surface area (Å²) in [6.07, 6.45) is 2.48. The average molecular weight is 262 g/mol. The fourth-order valence-corrected chi connectivity index (χ4v) is 2.64. The molecule has 2 aromatic carbocycles. The molecule has 1 fully saturated rings. The highest BCUT2D eigenvalue weighted by Gasteiger charge is 2.29. The number of ether oxygens (including phenoxy) is 1. The first-order chi connectivity index (χ1) is 8.78. The highest BCUT2D eigenvalue weighted by Crippen LogP contribution is 2.34. The van der Waals surface area contributed by atoms with E-state index in [2.05, 4.69) is 11.4 Å². The monoisotopic (exact) mass is 261 g/mol. The van der Waals surface area contributed by atoms with Crippen molar-refractivity contribution in [2.45, 2.75) is 25.0 Å². The molecule has 0 aliphatic heterocycles. The fraction of sp³-hybridized carbons (Fsp3) is 0.333. The summed E-state index contributed by atoms with van der Waals surface area (Å²) in [5, 5.41) is 6.19. The maximum atomic E-state index is 6.19. The Morgan fingerprint density at radius 1 is 1.11 bits per heavy atom. The Morgan fingerprint density at radius 2 is 1.83 bits per heavy atom. The van der Waals surface area contributed by atoms with E-state index in [9.17, 15) is 0 Å². The molecule has 2 nitrogen and oxygen atoms in total. The summed E-state index contributed by atoms with van der Waals surface area (Å²) in [6, 6.07) is 12.6. The normalized spacial score (nSPS) is 22.8. The minimum atomic E-state index is 0.326. The summed E-state index contributed by atoms with van der Waals surface area (Å²) < 4.78 is 6.05. The maximum Gasteiger partial charge on any atom is 0.127 e. The van der Waals surface area contributed by atoms with Gasteiger partial charge in [0.2, 0.25) is 0 Å². The minimum Gasteiger partial charge on any atom is -0.490 e. The number of benzene rings is 2. The van der Waals surface area contributed by atoms with Gasteiger partial charge < -0.3 is 10.1 Å². The topological polar surface area (TPSA) is 21.3 Å². The first-order valence-electron chi connectivity index (χ1n) is 6.29. The van der Waals surface area contributed by atoms with Crippen molar-refractivity contribution < 1.29 is 4.74 Å². The summed E-state index contributed by atoms with van der Waals surface area (Å²) >= 11 is 6.19. The molecule has 0 saturated heterocycles. The lowest BCUT2D eigenvalue weighted by Crippen LogP contribution is -2.45. The van der Waals surface area contributed by atoms with E-state index in [-0.39, 0.29) is 0 Å². The van der Waals surface area contributed by atoms with Crippen molar-refractivity contribution in [3.8, 4) is 5.75 Å². The van der Waals surface area contributed by atoms with Gasteiger partial charge in [-0.25, -0.2) is 0 Å². The van der Waals surface area contributed by atoms with E-state index in [1.165, 1.54) is 0 Å². The molecule has 94 valence electrons. The van der Waals surface area contributed by atoms with Crippen LogP contribution in [0, 0.1) is 0 Å². The molecule has 0 spiro atoms. The van der Waals surface area contributed by atoms with Gasteiger partial charge in [-0.1, -0.05) is 35.9 Å². The summed E-state index contributed by atoms with van der Waals surface area (Å²) in [5.74, 6) is 0.939. The molecule has 1 saturated carbocycles. The molecular weight excluding hydrogens is 246 g/mol. The number of nitrogens with one attached hydrogen (secondary N) is 1. The van der Waals surface area contributed by atoms with Crippen molar-refractivity contribution in [1.82, 2.24) is 5.32 Å². The van der Waals surface area contributed by atoms with Gasteiger partial charge in [0.15, 0.2) is 0 Å². The van der Waals surface area contributed by atoms with E-state index in [4.69, 9.17) is 16.3 Å². The van der Waals surface area contributed by atoms with Gasteiger partial charge in [-0.3, -0.25) is 0 Å². The molecule has 0 atom stereocenters. The summed E-state index contributed by atoms with van der Waals surface area (Å²) in [5.41, 5.74) is 0. The van der Waals surface area contributed by atoms with Crippen molar-refractivity contribution in [3.05, 3.63) is 41.4 Å². The summed E-state index contributed by atoms with van der Waals surface area (Å²) in [6.45, 7) is 0. The zero-order chi connectivity index (χ0) is 12.5. The van der Waals surface area contributed by atoms with Crippen molar-refractivity contribution in [3.63, 3.8) is 0 Å². The van der Waals surface area contributed by atoms with Crippen LogP contribution in [0.2, 0.25) is 5.02 Å². The molecule has 18 heavy (non-hydrogen) atoms. The number of rotatable bonds is 3. The standard InChI is InChI=1S/C15H16ClNO/c1-17-10-8-11(9-10)18-15-7-6-14(16)12-4-2-3-5-13(12)15/h2-7,10-11,17H,8-9H2,1H3. The highest BCUT2D eigenvalue weighted by molar-refractivity contribution is 6.35. The van der Waals surface area contributed by atoms with Crippen LogP contribution in [0.1, 0.15) is 12.8 Å². The van der Waals surface area contributed by atoms with Crippen LogP contribution >= 0.6 is 11.6 Å². The van der Waals surface area contributed by atoms with Gasteiger partial charge in [-0.15, -0.1) is 0 Å². The Morgan fingerprint density at radius 3 is 2.56 bits per heavy atom. The molecular formula is C15H16ClNO. The SMILES string of the molecule is CNC1CC(Oc2ccc(Cl)c3ccccc23)C1. The lowest BCUT2D eigenvalue weighted by molar-refractivity contribution is 0.0900. The molecule has 0 unspecified atom stereocenters. The summed E-state index contributed by atoms with van der Waals surface area (Å²) in [4.78, 5) is 0.